The maximum Gasteiger partial charge on any atom is 0.237 e. The van der Waals surface area contributed by atoms with Gasteiger partial charge in [0.25, 0.3) is 0 Å². The molecule has 112 valence electrons. The first-order valence-electron chi connectivity index (χ1n) is 7.28. The summed E-state index contributed by atoms with van der Waals surface area (Å²) in [6, 6.07) is 5.37. The number of carbonyl (C=O) groups is 2. The summed E-state index contributed by atoms with van der Waals surface area (Å²) in [4.78, 5) is 26.7. The number of hydrogen-bond acceptors (Lipinski definition) is 3. The normalized spacial score (nSPS) is 28.1. The second-order valence-corrected chi connectivity index (χ2v) is 6.70. The van der Waals surface area contributed by atoms with E-state index in [0.29, 0.717) is 17.4 Å². The molecule has 1 saturated heterocycles. The second-order valence-electron chi connectivity index (χ2n) is 5.79. The first-order chi connectivity index (χ1) is 10.1. The quantitative estimate of drug-likeness (QED) is 0.784. The fourth-order valence-electron chi connectivity index (χ4n) is 3.54. The first kappa shape index (κ1) is 14.6. The highest BCUT2D eigenvalue weighted by Crippen LogP contribution is 2.47. The van der Waals surface area contributed by atoms with Gasteiger partial charge in [-0.3, -0.25) is 9.59 Å². The van der Waals surface area contributed by atoms with E-state index in [9.17, 15) is 9.59 Å². The van der Waals surface area contributed by atoms with Crippen LogP contribution in [0.2, 0.25) is 0 Å². The minimum atomic E-state index is -0.147. The predicted octanol–water partition coefficient (Wildman–Crippen LogP) is 3.38. The molecule has 1 heterocycles. The molecule has 5 heteroatoms. The third-order valence-electron chi connectivity index (χ3n) is 4.69. The van der Waals surface area contributed by atoms with Crippen LogP contribution in [0.1, 0.15) is 26.2 Å². The molecule has 1 aliphatic carbocycles. The zero-order valence-electron chi connectivity index (χ0n) is 12.1. The number of carbonyl (C=O) groups excluding carboxylic acids is 2. The molecule has 21 heavy (non-hydrogen) atoms. The second kappa shape index (κ2) is 5.44. The fourth-order valence-corrected chi connectivity index (χ4v) is 3.89. The molecule has 0 aromatic heterocycles. The topological polar surface area (TPSA) is 46.6 Å². The third-order valence-corrected chi connectivity index (χ3v) is 5.19. The monoisotopic (exact) mass is 351 g/mol. The lowest BCUT2D eigenvalue weighted by atomic mass is 10.00. The Morgan fingerprint density at radius 1 is 1.24 bits per heavy atom. The molecular weight excluding hydrogens is 334 g/mol. The van der Waals surface area contributed by atoms with E-state index >= 15 is 0 Å². The number of fused-ring (bicyclic) bond motifs is 1. The SMILES string of the molecule is CCC1CC2C(=O)N(c3cc(Br)ccc3OC)C(=O)C2C1. The van der Waals surface area contributed by atoms with E-state index in [1.165, 1.54) is 4.90 Å². The van der Waals surface area contributed by atoms with Crippen LogP contribution in [0.5, 0.6) is 5.75 Å². The average Bonchev–Trinajstić information content (AvgIpc) is 2.99. The van der Waals surface area contributed by atoms with Crippen molar-refractivity contribution in [3.63, 3.8) is 0 Å². The van der Waals surface area contributed by atoms with Crippen LogP contribution in [0.15, 0.2) is 22.7 Å². The van der Waals surface area contributed by atoms with Gasteiger partial charge >= 0.3 is 0 Å². The third kappa shape index (κ3) is 2.27. The molecule has 2 atom stereocenters. The van der Waals surface area contributed by atoms with Crippen molar-refractivity contribution in [3.8, 4) is 5.75 Å². The van der Waals surface area contributed by atoms with Crippen molar-refractivity contribution in [2.24, 2.45) is 17.8 Å². The number of nitrogens with zero attached hydrogens (tertiary/aromatic N) is 1. The number of amides is 2. The largest absolute Gasteiger partial charge is 0.495 e. The molecule has 2 aliphatic rings. The highest BCUT2D eigenvalue weighted by Gasteiger charge is 2.53. The van der Waals surface area contributed by atoms with E-state index in [4.69, 9.17) is 4.74 Å². The lowest BCUT2D eigenvalue weighted by Crippen LogP contribution is -2.32. The Labute approximate surface area is 132 Å². The zero-order valence-corrected chi connectivity index (χ0v) is 13.7. The number of halogens is 1. The molecule has 0 radical (unpaired) electrons. The lowest BCUT2D eigenvalue weighted by Gasteiger charge is -2.20. The molecule has 3 rings (SSSR count). The highest BCUT2D eigenvalue weighted by molar-refractivity contribution is 9.10. The van der Waals surface area contributed by atoms with Crippen LogP contribution >= 0.6 is 15.9 Å². The zero-order chi connectivity index (χ0) is 15.1. The highest BCUT2D eigenvalue weighted by atomic mass is 79.9. The van der Waals surface area contributed by atoms with E-state index in [1.807, 2.05) is 6.07 Å². The van der Waals surface area contributed by atoms with Crippen molar-refractivity contribution < 1.29 is 14.3 Å². The van der Waals surface area contributed by atoms with Crippen molar-refractivity contribution in [1.29, 1.82) is 0 Å². The molecule has 1 saturated carbocycles. The Bertz CT molecular complexity index is 577. The van der Waals surface area contributed by atoms with Gasteiger partial charge in [-0.1, -0.05) is 29.3 Å². The maximum absolute atomic E-state index is 12.7. The summed E-state index contributed by atoms with van der Waals surface area (Å²) in [6.07, 6.45) is 2.70. The molecule has 0 N–H and O–H groups in total. The van der Waals surface area contributed by atoms with Gasteiger partial charge in [0, 0.05) is 4.47 Å². The van der Waals surface area contributed by atoms with Crippen molar-refractivity contribution in [2.75, 3.05) is 12.0 Å². The van der Waals surface area contributed by atoms with Crippen molar-refractivity contribution >= 4 is 33.4 Å². The molecule has 2 amide bonds. The van der Waals surface area contributed by atoms with Gasteiger partial charge in [-0.05, 0) is 37.0 Å². The Balaban J connectivity index is 1.97. The maximum atomic E-state index is 12.7. The molecule has 0 spiro atoms. The minimum absolute atomic E-state index is 0.0719. The van der Waals surface area contributed by atoms with Crippen molar-refractivity contribution in [1.82, 2.24) is 0 Å². The van der Waals surface area contributed by atoms with Crippen LogP contribution in [0, 0.1) is 17.8 Å². The number of rotatable bonds is 3. The van der Waals surface area contributed by atoms with Gasteiger partial charge < -0.3 is 4.74 Å². The number of methoxy groups -OCH3 is 1. The molecule has 2 fully saturated rings. The van der Waals surface area contributed by atoms with Crippen molar-refractivity contribution in [3.05, 3.63) is 22.7 Å². The summed E-state index contributed by atoms with van der Waals surface area (Å²) in [7, 11) is 1.55. The van der Waals surface area contributed by atoms with Gasteiger partial charge in [-0.25, -0.2) is 4.90 Å². The lowest BCUT2D eigenvalue weighted by molar-refractivity contribution is -0.123. The first-order valence-corrected chi connectivity index (χ1v) is 8.07. The smallest absolute Gasteiger partial charge is 0.237 e. The summed E-state index contributed by atoms with van der Waals surface area (Å²) >= 11 is 3.39. The number of hydrogen-bond donors (Lipinski definition) is 0. The van der Waals surface area contributed by atoms with Crippen molar-refractivity contribution in [2.45, 2.75) is 26.2 Å². The predicted molar refractivity (Wildman–Crippen MR) is 83.2 cm³/mol. The van der Waals surface area contributed by atoms with Gasteiger partial charge in [0.1, 0.15) is 5.75 Å². The molecule has 2 unspecified atom stereocenters. The molecule has 1 aliphatic heterocycles. The standard InChI is InChI=1S/C16H18BrNO3/c1-3-9-6-11-12(7-9)16(20)18(15(11)19)13-8-10(17)4-5-14(13)21-2/h4-5,8-9,11-12H,3,6-7H2,1-2H3. The van der Waals surface area contributed by atoms with Crippen LogP contribution in [-0.2, 0) is 9.59 Å². The molecular formula is C16H18BrNO3. The van der Waals surface area contributed by atoms with Gasteiger partial charge in [-0.15, -0.1) is 0 Å². The van der Waals surface area contributed by atoms with Crippen LogP contribution in [0.25, 0.3) is 0 Å². The Morgan fingerprint density at radius 3 is 2.38 bits per heavy atom. The molecule has 0 bridgehead atoms. The fraction of sp³-hybridized carbons (Fsp3) is 0.500. The number of anilines is 1. The van der Waals surface area contributed by atoms with E-state index < -0.39 is 0 Å². The number of benzene rings is 1. The van der Waals surface area contributed by atoms with Gasteiger partial charge in [0.05, 0.1) is 24.6 Å². The summed E-state index contributed by atoms with van der Waals surface area (Å²) in [5.74, 6) is 0.610. The minimum Gasteiger partial charge on any atom is -0.495 e. The van der Waals surface area contributed by atoms with Crippen LogP contribution in [0.3, 0.4) is 0 Å². The van der Waals surface area contributed by atoms with Gasteiger partial charge in [-0.2, -0.15) is 0 Å². The summed E-state index contributed by atoms with van der Waals surface area (Å²) in [6.45, 7) is 2.12. The van der Waals surface area contributed by atoms with Crippen LogP contribution in [-0.4, -0.2) is 18.9 Å². The van der Waals surface area contributed by atoms with E-state index in [2.05, 4.69) is 22.9 Å². The van der Waals surface area contributed by atoms with Crippen LogP contribution in [0.4, 0.5) is 5.69 Å². The van der Waals surface area contributed by atoms with E-state index in [-0.39, 0.29) is 23.7 Å². The Hall–Kier alpha value is -1.36. The summed E-state index contributed by atoms with van der Waals surface area (Å²) in [5.41, 5.74) is 0.546. The molecule has 1 aromatic rings. The summed E-state index contributed by atoms with van der Waals surface area (Å²) < 4.78 is 6.13. The van der Waals surface area contributed by atoms with Gasteiger partial charge in [0.15, 0.2) is 0 Å². The van der Waals surface area contributed by atoms with Gasteiger partial charge in [0.2, 0.25) is 11.8 Å². The summed E-state index contributed by atoms with van der Waals surface area (Å²) in [5, 5.41) is 0. The number of ether oxygens (including phenoxy) is 1. The van der Waals surface area contributed by atoms with E-state index in [1.54, 1.807) is 19.2 Å². The number of imide groups is 1. The molecule has 4 nitrogen and oxygen atoms in total. The molecule has 1 aromatic carbocycles. The average molecular weight is 352 g/mol. The Morgan fingerprint density at radius 2 is 1.86 bits per heavy atom. The van der Waals surface area contributed by atoms with E-state index in [0.717, 1.165) is 23.7 Å². The van der Waals surface area contributed by atoms with Crippen LogP contribution < -0.4 is 9.64 Å². The Kier molecular flexibility index (Phi) is 3.78.